The van der Waals surface area contributed by atoms with Crippen LogP contribution in [0.25, 0.3) is 0 Å². The topological polar surface area (TPSA) is 789 Å². The summed E-state index contributed by atoms with van der Waals surface area (Å²) in [6.07, 6.45) is -1.24. The van der Waals surface area contributed by atoms with E-state index < -0.39 is 131 Å². The average Bonchev–Trinajstić information content (AvgIpc) is 0.864. The third kappa shape index (κ3) is 46.1. The van der Waals surface area contributed by atoms with Gasteiger partial charge in [-0.1, -0.05) is 13.8 Å². The summed E-state index contributed by atoms with van der Waals surface area (Å²) in [4.78, 5) is 188. The van der Waals surface area contributed by atoms with Gasteiger partial charge in [-0.3, -0.25) is 92.7 Å². The minimum absolute atomic E-state index is 0.00376. The van der Waals surface area contributed by atoms with Gasteiger partial charge in [0.25, 0.3) is 0 Å². The molecule has 0 aromatic rings. The van der Waals surface area contributed by atoms with Crippen LogP contribution >= 0.6 is 12.6 Å². The van der Waals surface area contributed by atoms with Gasteiger partial charge in [-0.25, -0.2) is 0 Å². The minimum Gasteiger partial charge on any atom is -0.370 e. The zero-order chi connectivity index (χ0) is 79.6. The standard InChI is InChI=1S/C63H120N30O11S/c1-3-35(2)51(100)89-33-41(94)28-36(12-4-20-81-56(65)66)52(101)90-42(16-8-24-85-60(73)74)46(95)29-37(13-5-21-82-57(67)68)53(102)91-43(17-9-25-86-61(75)76)47(96)30-38(14-6-22-83-58(69)70)54(103)92-44(18-10-26-87-62(77)78)48(97)31-39(15-7-23-84-59(71)72)55(104)93-45(19-11-27-88-63(79)80)49(98)32-40(34-105)50(64)99/h35-40,42-45,105H,3-34H2,1-2H3,(H2,64,99)(H,89,100)(H,90,101)(H,91,102)(H,92,103)(H,93,104)(H4,65,66,81)(H4,67,68,82)(H4,69,70,83)(H4,71,72,84)(H4,73,74,85)(H4,75,76,86)(H4,77,78,87)(H4,79,80,88)/t35-,36+,37+,38+,39+,40-,42-,43-,44-,45-/m1/s1. The Morgan fingerprint density at radius 1 is 0.305 bits per heavy atom. The molecule has 0 unspecified atom stereocenters. The lowest BCUT2D eigenvalue weighted by Crippen LogP contribution is -2.49. The summed E-state index contributed by atoms with van der Waals surface area (Å²) >= 11 is 4.17. The Hall–Kier alpha value is -10.3. The van der Waals surface area contributed by atoms with Gasteiger partial charge in [0.15, 0.2) is 76.6 Å². The lowest BCUT2D eigenvalue weighted by atomic mass is 9.88. The summed E-state index contributed by atoms with van der Waals surface area (Å²) in [5.74, 6) is -15.5. The van der Waals surface area contributed by atoms with Crippen molar-refractivity contribution in [2.75, 3.05) is 64.7 Å². The number of guanidine groups is 8. The number of aliphatic imine (C=N–C) groups is 8. The van der Waals surface area contributed by atoms with Crippen molar-refractivity contribution >= 4 is 125 Å². The second kappa shape index (κ2) is 54.3. The molecule has 0 saturated carbocycles. The van der Waals surface area contributed by atoms with E-state index in [2.05, 4.69) is 79.2 Å². The molecule has 0 aromatic carbocycles. The van der Waals surface area contributed by atoms with Crippen molar-refractivity contribution in [2.45, 2.75) is 179 Å². The molecule has 0 aliphatic carbocycles. The third-order valence-electron chi connectivity index (χ3n) is 16.5. The summed E-state index contributed by atoms with van der Waals surface area (Å²) in [5.41, 5.74) is 95.2. The SMILES string of the molecule is CC[C@@H](C)C(=O)NCC(=O)C[C@H](CCCN=C(N)N)C(=O)N[C@H](CCCN=C(N)N)C(=O)C[C@H](CCCN=C(N)N)C(=O)N[C@H](CCCN=C(N)N)C(=O)C[C@H](CCCN=C(N)N)C(=O)N[C@H](CCCN=C(N)N)C(=O)C[C@H](CCCN=C(N)N)C(=O)N[C@H](CCCN=C(N)N)C(=O)C[C@H](CS)C(N)=O. The molecule has 0 spiro atoms. The molecule has 0 fully saturated rings. The van der Waals surface area contributed by atoms with E-state index in [1.807, 2.05) is 6.92 Å². The zero-order valence-corrected chi connectivity index (χ0v) is 61.6. The highest BCUT2D eigenvalue weighted by Crippen LogP contribution is 2.23. The highest BCUT2D eigenvalue weighted by Gasteiger charge is 2.36. The molecule has 0 rings (SSSR count). The van der Waals surface area contributed by atoms with E-state index in [-0.39, 0.29) is 240 Å². The van der Waals surface area contributed by atoms with Crippen LogP contribution in [0.15, 0.2) is 39.9 Å². The number of Topliss-reactive ketones (excluding diaryl/α,β-unsaturated/α-hetero) is 5. The van der Waals surface area contributed by atoms with E-state index in [1.54, 1.807) is 6.92 Å². The lowest BCUT2D eigenvalue weighted by Gasteiger charge is -2.27. The molecule has 41 nitrogen and oxygen atoms in total. The Kier molecular flexibility index (Phi) is 49.0. The number of nitrogens with two attached hydrogens (primary N) is 17. The highest BCUT2D eigenvalue weighted by atomic mass is 32.1. The lowest BCUT2D eigenvalue weighted by molar-refractivity contribution is -0.136. The average molecular weight is 1510 g/mol. The molecule has 0 radical (unpaired) electrons. The predicted octanol–water partition coefficient (Wildman–Crippen LogP) is -7.19. The van der Waals surface area contributed by atoms with Gasteiger partial charge in [0, 0.05) is 120 Å². The summed E-state index contributed by atoms with van der Waals surface area (Å²) in [5, 5.41) is 13.7. The fourth-order valence-corrected chi connectivity index (χ4v) is 10.9. The number of hydrogen-bond donors (Lipinski definition) is 23. The molecule has 0 saturated heterocycles. The van der Waals surface area contributed by atoms with Gasteiger partial charge in [0.1, 0.15) is 0 Å². The number of amides is 6. The van der Waals surface area contributed by atoms with Crippen molar-refractivity contribution in [3.05, 3.63) is 0 Å². The molecule has 0 heterocycles. The molecule has 39 N–H and O–H groups in total. The number of rotatable bonds is 60. The van der Waals surface area contributed by atoms with Crippen LogP contribution < -0.4 is 124 Å². The largest absolute Gasteiger partial charge is 0.370 e. The number of nitrogens with one attached hydrogen (secondary N) is 5. The summed E-state index contributed by atoms with van der Waals surface area (Å²) in [6, 6.07) is -5.33. The monoisotopic (exact) mass is 1500 g/mol. The minimum atomic E-state index is -1.41. The summed E-state index contributed by atoms with van der Waals surface area (Å²) < 4.78 is 0. The molecular formula is C63H120N30O11S. The number of carbonyl (C=O) groups is 11. The zero-order valence-electron chi connectivity index (χ0n) is 60.7. The molecule has 0 bridgehead atoms. The molecule has 0 aliphatic heterocycles. The van der Waals surface area contributed by atoms with E-state index in [0.717, 1.165) is 0 Å². The maximum atomic E-state index is 15.1. The first-order valence-corrected chi connectivity index (χ1v) is 35.6. The van der Waals surface area contributed by atoms with Gasteiger partial charge >= 0.3 is 0 Å². The second-order valence-electron chi connectivity index (χ2n) is 25.4. The number of nitrogens with zero attached hydrogens (tertiary/aromatic N) is 8. The van der Waals surface area contributed by atoms with Gasteiger partial charge in [0.2, 0.25) is 35.4 Å². The molecule has 42 heteroatoms. The van der Waals surface area contributed by atoms with Gasteiger partial charge < -0.3 is 124 Å². The van der Waals surface area contributed by atoms with Crippen LogP contribution in [0.3, 0.4) is 0 Å². The van der Waals surface area contributed by atoms with E-state index in [1.165, 1.54) is 0 Å². The van der Waals surface area contributed by atoms with Crippen LogP contribution in [0.5, 0.6) is 0 Å². The van der Waals surface area contributed by atoms with Crippen molar-refractivity contribution in [1.29, 1.82) is 0 Å². The predicted molar refractivity (Wildman–Crippen MR) is 408 cm³/mol. The fourth-order valence-electron chi connectivity index (χ4n) is 10.6. The Morgan fingerprint density at radius 3 is 0.714 bits per heavy atom. The van der Waals surface area contributed by atoms with Crippen molar-refractivity contribution < 1.29 is 52.7 Å². The normalized spacial score (nSPS) is 13.7. The quantitative estimate of drug-likeness (QED) is 0.0116. The molecule has 105 heavy (non-hydrogen) atoms. The number of thiol groups is 1. The smallest absolute Gasteiger partial charge is 0.224 e. The number of ketones is 5. The molecule has 594 valence electrons. The highest BCUT2D eigenvalue weighted by molar-refractivity contribution is 7.80. The van der Waals surface area contributed by atoms with Gasteiger partial charge in [0.05, 0.1) is 36.6 Å². The maximum absolute atomic E-state index is 15.1. The first kappa shape index (κ1) is 94.7. The van der Waals surface area contributed by atoms with Crippen LogP contribution in [0.4, 0.5) is 0 Å². The Labute approximate surface area is 618 Å². The Balaban J connectivity index is 7.92. The number of hydrogen-bond acceptors (Lipinski definition) is 20. The van der Waals surface area contributed by atoms with Crippen molar-refractivity contribution in [1.82, 2.24) is 26.6 Å². The van der Waals surface area contributed by atoms with Gasteiger partial charge in [-0.05, 0) is 109 Å². The first-order chi connectivity index (χ1) is 49.5. The van der Waals surface area contributed by atoms with Crippen LogP contribution in [0, 0.1) is 35.5 Å². The van der Waals surface area contributed by atoms with E-state index in [9.17, 15) is 47.9 Å². The van der Waals surface area contributed by atoms with Crippen LogP contribution in [0.2, 0.25) is 0 Å². The van der Waals surface area contributed by atoms with Gasteiger partial charge in [-0.15, -0.1) is 0 Å². The van der Waals surface area contributed by atoms with Crippen molar-refractivity contribution in [2.24, 2.45) is 173 Å². The number of primary amides is 1. The molecular weight excluding hydrogens is 1380 g/mol. The second-order valence-corrected chi connectivity index (χ2v) is 25.7. The fraction of sp³-hybridized carbons (Fsp3) is 0.698. The van der Waals surface area contributed by atoms with Crippen molar-refractivity contribution in [3.63, 3.8) is 0 Å². The molecule has 0 aromatic heterocycles. The van der Waals surface area contributed by atoms with Crippen LogP contribution in [-0.4, -0.2) is 201 Å². The van der Waals surface area contributed by atoms with Crippen LogP contribution in [0.1, 0.15) is 155 Å². The third-order valence-corrected chi connectivity index (χ3v) is 17.0. The number of carbonyl (C=O) groups excluding carboxylic acids is 11. The molecule has 6 amide bonds. The van der Waals surface area contributed by atoms with E-state index in [0.29, 0.717) is 6.42 Å². The maximum Gasteiger partial charge on any atom is 0.224 e. The Bertz CT molecular complexity index is 3020. The first-order valence-electron chi connectivity index (χ1n) is 35.0. The van der Waals surface area contributed by atoms with E-state index in [4.69, 9.17) is 97.5 Å². The Morgan fingerprint density at radius 2 is 0.514 bits per heavy atom. The van der Waals surface area contributed by atoms with Crippen LogP contribution in [-0.2, 0) is 52.7 Å². The molecule has 0 aliphatic rings. The van der Waals surface area contributed by atoms with Gasteiger partial charge in [-0.2, -0.15) is 12.6 Å². The summed E-state index contributed by atoms with van der Waals surface area (Å²) in [7, 11) is 0. The van der Waals surface area contributed by atoms with E-state index >= 15 is 4.79 Å². The van der Waals surface area contributed by atoms with Crippen molar-refractivity contribution in [3.8, 4) is 0 Å². The molecule has 10 atom stereocenters. The summed E-state index contributed by atoms with van der Waals surface area (Å²) in [6.45, 7) is 3.27.